The highest BCUT2D eigenvalue weighted by Gasteiger charge is 2.13. The van der Waals surface area contributed by atoms with Crippen LogP contribution < -0.4 is 5.32 Å². The number of amides is 1. The van der Waals surface area contributed by atoms with E-state index < -0.39 is 0 Å². The van der Waals surface area contributed by atoms with E-state index in [9.17, 15) is 4.79 Å². The lowest BCUT2D eigenvalue weighted by Gasteiger charge is -2.18. The number of carbonyl (C=O) groups is 1. The maximum absolute atomic E-state index is 12.3. The fraction of sp³-hybridized carbons (Fsp3) is 0.500. The van der Waals surface area contributed by atoms with Gasteiger partial charge in [0.2, 0.25) is 0 Å². The lowest BCUT2D eigenvalue weighted by Crippen LogP contribution is -2.30. The van der Waals surface area contributed by atoms with Crippen LogP contribution in [0.5, 0.6) is 0 Å². The van der Waals surface area contributed by atoms with E-state index in [2.05, 4.69) is 34.7 Å². The van der Waals surface area contributed by atoms with Crippen molar-refractivity contribution in [3.8, 4) is 5.69 Å². The van der Waals surface area contributed by atoms with Gasteiger partial charge in [0.05, 0.1) is 5.69 Å². The SMILES string of the molecule is CC(C)CC(CCO)CNC(=O)c1cccc(-n2cnnn2)c1. The average Bonchev–Trinajstić information content (AvgIpc) is 3.06. The second-order valence-corrected chi connectivity index (χ2v) is 6.02. The minimum atomic E-state index is -0.133. The third-order valence-electron chi connectivity index (χ3n) is 3.62. The first-order chi connectivity index (χ1) is 11.1. The van der Waals surface area contributed by atoms with Gasteiger partial charge in [0.15, 0.2) is 0 Å². The van der Waals surface area contributed by atoms with Crippen molar-refractivity contribution in [3.05, 3.63) is 36.2 Å². The third kappa shape index (κ3) is 5.14. The van der Waals surface area contributed by atoms with Crippen molar-refractivity contribution in [1.29, 1.82) is 0 Å². The van der Waals surface area contributed by atoms with Gasteiger partial charge in [-0.2, -0.15) is 0 Å². The Kier molecular flexibility index (Phi) is 6.22. The summed E-state index contributed by atoms with van der Waals surface area (Å²) in [6, 6.07) is 7.13. The Morgan fingerprint density at radius 3 is 2.87 bits per heavy atom. The van der Waals surface area contributed by atoms with E-state index in [-0.39, 0.29) is 18.4 Å². The maximum atomic E-state index is 12.3. The fourth-order valence-electron chi connectivity index (χ4n) is 2.56. The first-order valence-corrected chi connectivity index (χ1v) is 7.82. The molecule has 0 radical (unpaired) electrons. The second-order valence-electron chi connectivity index (χ2n) is 6.02. The summed E-state index contributed by atoms with van der Waals surface area (Å²) in [4.78, 5) is 12.3. The molecule has 0 saturated heterocycles. The summed E-state index contributed by atoms with van der Waals surface area (Å²) in [7, 11) is 0. The van der Waals surface area contributed by atoms with Crippen molar-refractivity contribution in [2.75, 3.05) is 13.2 Å². The highest BCUT2D eigenvalue weighted by atomic mass is 16.3. The standard InChI is InChI=1S/C16H23N5O2/c1-12(2)8-13(6-7-22)10-17-16(23)14-4-3-5-15(9-14)21-11-18-19-20-21/h3-5,9,11-13,22H,6-8,10H2,1-2H3,(H,17,23). The molecule has 0 aliphatic carbocycles. The lowest BCUT2D eigenvalue weighted by atomic mass is 9.94. The molecule has 0 bridgehead atoms. The van der Waals surface area contributed by atoms with Crippen LogP contribution in [0.15, 0.2) is 30.6 Å². The monoisotopic (exact) mass is 317 g/mol. The number of benzene rings is 1. The summed E-state index contributed by atoms with van der Waals surface area (Å²) in [5.74, 6) is 0.685. The molecule has 2 N–H and O–H groups in total. The summed E-state index contributed by atoms with van der Waals surface area (Å²) in [6.45, 7) is 4.98. The van der Waals surface area contributed by atoms with E-state index >= 15 is 0 Å². The predicted molar refractivity (Wildman–Crippen MR) is 86.1 cm³/mol. The van der Waals surface area contributed by atoms with Gasteiger partial charge < -0.3 is 10.4 Å². The van der Waals surface area contributed by atoms with Gasteiger partial charge in [0, 0.05) is 18.7 Å². The van der Waals surface area contributed by atoms with E-state index in [1.807, 2.05) is 6.07 Å². The summed E-state index contributed by atoms with van der Waals surface area (Å²) < 4.78 is 1.50. The molecule has 124 valence electrons. The highest BCUT2D eigenvalue weighted by Crippen LogP contribution is 2.15. The zero-order chi connectivity index (χ0) is 16.7. The maximum Gasteiger partial charge on any atom is 0.251 e. The number of nitrogens with zero attached hydrogens (tertiary/aromatic N) is 4. The van der Waals surface area contributed by atoms with Crippen molar-refractivity contribution in [1.82, 2.24) is 25.5 Å². The molecule has 23 heavy (non-hydrogen) atoms. The summed E-state index contributed by atoms with van der Waals surface area (Å²) in [5.41, 5.74) is 1.29. The third-order valence-corrected chi connectivity index (χ3v) is 3.62. The van der Waals surface area contributed by atoms with Gasteiger partial charge in [-0.25, -0.2) is 4.68 Å². The first-order valence-electron chi connectivity index (χ1n) is 7.82. The molecule has 0 saturated carbocycles. The fourth-order valence-corrected chi connectivity index (χ4v) is 2.56. The summed E-state index contributed by atoms with van der Waals surface area (Å²) in [6.07, 6.45) is 3.16. The molecule has 1 heterocycles. The Morgan fingerprint density at radius 1 is 1.39 bits per heavy atom. The molecule has 1 atom stereocenters. The minimum Gasteiger partial charge on any atom is -0.396 e. The number of aromatic nitrogens is 4. The topological polar surface area (TPSA) is 92.9 Å². The molecule has 7 heteroatoms. The molecule has 1 aromatic heterocycles. The molecule has 1 unspecified atom stereocenters. The van der Waals surface area contributed by atoms with Crippen LogP contribution in [0.4, 0.5) is 0 Å². The first kappa shape index (κ1) is 17.1. The molecule has 0 spiro atoms. The van der Waals surface area contributed by atoms with E-state index in [0.717, 1.165) is 12.1 Å². The number of carbonyl (C=O) groups excluding carboxylic acids is 1. The molecule has 1 amide bonds. The summed E-state index contributed by atoms with van der Waals surface area (Å²) in [5, 5.41) is 23.1. The Morgan fingerprint density at radius 2 is 2.22 bits per heavy atom. The van der Waals surface area contributed by atoms with Crippen LogP contribution in [0, 0.1) is 11.8 Å². The largest absolute Gasteiger partial charge is 0.396 e. The normalized spacial score (nSPS) is 12.3. The van der Waals surface area contributed by atoms with Crippen LogP contribution in [0.3, 0.4) is 0 Å². The second kappa shape index (κ2) is 8.38. The quantitative estimate of drug-likeness (QED) is 0.768. The van der Waals surface area contributed by atoms with Crippen LogP contribution in [0.2, 0.25) is 0 Å². The Balaban J connectivity index is 1.99. The van der Waals surface area contributed by atoms with E-state index in [4.69, 9.17) is 5.11 Å². The number of aliphatic hydroxyl groups excluding tert-OH is 1. The Labute approximate surface area is 135 Å². The van der Waals surface area contributed by atoms with Crippen molar-refractivity contribution >= 4 is 5.91 Å². The van der Waals surface area contributed by atoms with E-state index in [1.54, 1.807) is 18.2 Å². The lowest BCUT2D eigenvalue weighted by molar-refractivity contribution is 0.0941. The molecular weight excluding hydrogens is 294 g/mol. The molecule has 0 aliphatic rings. The van der Waals surface area contributed by atoms with Crippen molar-refractivity contribution in [3.63, 3.8) is 0 Å². The molecule has 0 fully saturated rings. The van der Waals surface area contributed by atoms with Crippen LogP contribution >= 0.6 is 0 Å². The zero-order valence-electron chi connectivity index (χ0n) is 13.5. The van der Waals surface area contributed by atoms with Gasteiger partial charge in [-0.15, -0.1) is 5.10 Å². The molecule has 0 aliphatic heterocycles. The summed E-state index contributed by atoms with van der Waals surface area (Å²) >= 11 is 0. The van der Waals surface area contributed by atoms with Gasteiger partial charge in [-0.3, -0.25) is 4.79 Å². The number of nitrogens with one attached hydrogen (secondary N) is 1. The van der Waals surface area contributed by atoms with Crippen LogP contribution in [-0.4, -0.2) is 44.4 Å². The molecule has 1 aromatic carbocycles. The van der Waals surface area contributed by atoms with Crippen molar-refractivity contribution in [2.45, 2.75) is 26.7 Å². The van der Waals surface area contributed by atoms with Crippen molar-refractivity contribution < 1.29 is 9.90 Å². The number of hydrogen-bond donors (Lipinski definition) is 2. The number of hydrogen-bond acceptors (Lipinski definition) is 5. The van der Waals surface area contributed by atoms with E-state index in [0.29, 0.717) is 24.4 Å². The smallest absolute Gasteiger partial charge is 0.251 e. The Hall–Kier alpha value is -2.28. The van der Waals surface area contributed by atoms with Crippen LogP contribution in [-0.2, 0) is 0 Å². The predicted octanol–water partition coefficient (Wildman–Crippen LogP) is 1.44. The van der Waals surface area contributed by atoms with Gasteiger partial charge in [-0.05, 0) is 53.3 Å². The zero-order valence-corrected chi connectivity index (χ0v) is 13.5. The number of aliphatic hydroxyl groups is 1. The number of tetrazole rings is 1. The van der Waals surface area contributed by atoms with E-state index in [1.165, 1.54) is 11.0 Å². The van der Waals surface area contributed by atoms with Gasteiger partial charge >= 0.3 is 0 Å². The van der Waals surface area contributed by atoms with Gasteiger partial charge in [0.25, 0.3) is 5.91 Å². The van der Waals surface area contributed by atoms with Crippen LogP contribution in [0.1, 0.15) is 37.0 Å². The van der Waals surface area contributed by atoms with Crippen molar-refractivity contribution in [2.24, 2.45) is 11.8 Å². The molecule has 2 rings (SSSR count). The molecule has 2 aromatic rings. The van der Waals surface area contributed by atoms with Gasteiger partial charge in [-0.1, -0.05) is 19.9 Å². The van der Waals surface area contributed by atoms with Gasteiger partial charge in [0.1, 0.15) is 6.33 Å². The average molecular weight is 317 g/mol. The minimum absolute atomic E-state index is 0.133. The Bertz CT molecular complexity index is 613. The molecule has 7 nitrogen and oxygen atoms in total. The van der Waals surface area contributed by atoms with Crippen LogP contribution in [0.25, 0.3) is 5.69 Å². The number of rotatable bonds is 8. The molecular formula is C16H23N5O2. The highest BCUT2D eigenvalue weighted by molar-refractivity contribution is 5.94.